The monoisotopic (exact) mass is 209 g/mol. The maximum Gasteiger partial charge on any atom is 0.0635 e. The van der Waals surface area contributed by atoms with Crippen LogP contribution in [0, 0.1) is 13.8 Å². The molecule has 1 aromatic rings. The van der Waals surface area contributed by atoms with E-state index in [1.54, 1.807) is 13.3 Å². The molecule has 1 aromatic heterocycles. The van der Waals surface area contributed by atoms with Crippen molar-refractivity contribution in [2.24, 2.45) is 0 Å². The van der Waals surface area contributed by atoms with E-state index in [-0.39, 0.29) is 0 Å². The van der Waals surface area contributed by atoms with Gasteiger partial charge in [0.2, 0.25) is 0 Å². The van der Waals surface area contributed by atoms with E-state index in [0.717, 1.165) is 23.5 Å². The molecular formula is C11H19N3O. The number of nitrogens with zero attached hydrogens (tertiary/aromatic N) is 2. The minimum Gasteiger partial charge on any atom is -0.383 e. The summed E-state index contributed by atoms with van der Waals surface area (Å²) in [5.74, 6) is 0. The Kier molecular flexibility index (Phi) is 4.65. The first-order valence-corrected chi connectivity index (χ1v) is 5.12. The van der Waals surface area contributed by atoms with Gasteiger partial charge in [0.15, 0.2) is 0 Å². The van der Waals surface area contributed by atoms with Crippen molar-refractivity contribution in [1.29, 1.82) is 0 Å². The summed E-state index contributed by atoms with van der Waals surface area (Å²) in [7, 11) is 3.64. The fourth-order valence-electron chi connectivity index (χ4n) is 1.46. The molecule has 0 saturated heterocycles. The number of aromatic nitrogens is 2. The highest BCUT2D eigenvalue weighted by Gasteiger charge is 2.10. The van der Waals surface area contributed by atoms with E-state index in [4.69, 9.17) is 4.74 Å². The SMILES string of the molecule is CNC(COC)Cc1nc(C)cnc1C. The number of methoxy groups -OCH3 is 1. The van der Waals surface area contributed by atoms with Crippen LogP contribution in [-0.2, 0) is 11.2 Å². The quantitative estimate of drug-likeness (QED) is 0.781. The summed E-state index contributed by atoms with van der Waals surface area (Å²) < 4.78 is 5.13. The summed E-state index contributed by atoms with van der Waals surface area (Å²) in [5.41, 5.74) is 3.01. The topological polar surface area (TPSA) is 47.0 Å². The zero-order chi connectivity index (χ0) is 11.3. The van der Waals surface area contributed by atoms with Gasteiger partial charge in [-0.25, -0.2) is 0 Å². The Hall–Kier alpha value is -1.00. The lowest BCUT2D eigenvalue weighted by molar-refractivity contribution is 0.169. The summed E-state index contributed by atoms with van der Waals surface area (Å²) in [6.07, 6.45) is 2.65. The first kappa shape index (κ1) is 12.1. The van der Waals surface area contributed by atoms with Crippen LogP contribution in [0.5, 0.6) is 0 Å². The van der Waals surface area contributed by atoms with Crippen molar-refractivity contribution in [3.63, 3.8) is 0 Å². The molecule has 0 bridgehead atoms. The maximum absolute atomic E-state index is 5.13. The Morgan fingerprint density at radius 2 is 2.20 bits per heavy atom. The zero-order valence-corrected chi connectivity index (χ0v) is 9.87. The second kappa shape index (κ2) is 5.78. The molecule has 0 saturated carbocycles. The van der Waals surface area contributed by atoms with Crippen LogP contribution >= 0.6 is 0 Å². The van der Waals surface area contributed by atoms with Crippen LogP contribution in [0.15, 0.2) is 6.20 Å². The van der Waals surface area contributed by atoms with E-state index >= 15 is 0 Å². The molecule has 4 heteroatoms. The van der Waals surface area contributed by atoms with Crippen LogP contribution in [0.1, 0.15) is 17.1 Å². The molecule has 0 aliphatic heterocycles. The van der Waals surface area contributed by atoms with Gasteiger partial charge >= 0.3 is 0 Å². The Balaban J connectivity index is 2.73. The summed E-state index contributed by atoms with van der Waals surface area (Å²) in [6.45, 7) is 4.63. The predicted octanol–water partition coefficient (Wildman–Crippen LogP) is 0.870. The summed E-state index contributed by atoms with van der Waals surface area (Å²) >= 11 is 0. The summed E-state index contributed by atoms with van der Waals surface area (Å²) in [4.78, 5) is 8.78. The summed E-state index contributed by atoms with van der Waals surface area (Å²) in [5, 5.41) is 3.21. The van der Waals surface area contributed by atoms with Crippen molar-refractivity contribution < 1.29 is 4.74 Å². The molecule has 0 amide bonds. The fourth-order valence-corrected chi connectivity index (χ4v) is 1.46. The van der Waals surface area contributed by atoms with Crippen molar-refractivity contribution in [3.8, 4) is 0 Å². The number of ether oxygens (including phenoxy) is 1. The third-order valence-electron chi connectivity index (χ3n) is 2.39. The van der Waals surface area contributed by atoms with E-state index in [1.165, 1.54) is 0 Å². The third-order valence-corrected chi connectivity index (χ3v) is 2.39. The Labute approximate surface area is 91.1 Å². The van der Waals surface area contributed by atoms with Gasteiger partial charge in [-0.15, -0.1) is 0 Å². The number of likely N-dealkylation sites (N-methyl/N-ethyl adjacent to an activating group) is 1. The average molecular weight is 209 g/mol. The van der Waals surface area contributed by atoms with Crippen molar-refractivity contribution in [1.82, 2.24) is 15.3 Å². The average Bonchev–Trinajstić information content (AvgIpc) is 2.22. The molecule has 1 heterocycles. The molecule has 1 rings (SSSR count). The van der Waals surface area contributed by atoms with Crippen LogP contribution in [0.4, 0.5) is 0 Å². The van der Waals surface area contributed by atoms with E-state index in [2.05, 4.69) is 15.3 Å². The maximum atomic E-state index is 5.13. The molecule has 0 radical (unpaired) electrons. The van der Waals surface area contributed by atoms with Gasteiger partial charge in [0.25, 0.3) is 0 Å². The van der Waals surface area contributed by atoms with Gasteiger partial charge in [-0.2, -0.15) is 0 Å². The minimum atomic E-state index is 0.296. The van der Waals surface area contributed by atoms with Crippen molar-refractivity contribution >= 4 is 0 Å². The highest BCUT2D eigenvalue weighted by molar-refractivity contribution is 5.13. The zero-order valence-electron chi connectivity index (χ0n) is 9.87. The number of hydrogen-bond donors (Lipinski definition) is 1. The lowest BCUT2D eigenvalue weighted by Gasteiger charge is -2.15. The van der Waals surface area contributed by atoms with Gasteiger partial charge in [0.1, 0.15) is 0 Å². The molecule has 1 unspecified atom stereocenters. The van der Waals surface area contributed by atoms with Gasteiger partial charge in [-0.3, -0.25) is 9.97 Å². The van der Waals surface area contributed by atoms with E-state index in [1.807, 2.05) is 20.9 Å². The van der Waals surface area contributed by atoms with Crippen molar-refractivity contribution in [2.75, 3.05) is 20.8 Å². The Morgan fingerprint density at radius 1 is 1.47 bits per heavy atom. The van der Waals surface area contributed by atoms with Gasteiger partial charge in [-0.05, 0) is 20.9 Å². The molecular weight excluding hydrogens is 190 g/mol. The van der Waals surface area contributed by atoms with Gasteiger partial charge < -0.3 is 10.1 Å². The van der Waals surface area contributed by atoms with Crippen LogP contribution in [0.2, 0.25) is 0 Å². The molecule has 0 fully saturated rings. The molecule has 0 spiro atoms. The van der Waals surface area contributed by atoms with E-state index < -0.39 is 0 Å². The number of rotatable bonds is 5. The predicted molar refractivity (Wildman–Crippen MR) is 59.9 cm³/mol. The lowest BCUT2D eigenvalue weighted by atomic mass is 10.1. The van der Waals surface area contributed by atoms with Crippen LogP contribution in [-0.4, -0.2) is 36.8 Å². The molecule has 0 aliphatic carbocycles. The Bertz CT molecular complexity index is 315. The second-order valence-electron chi connectivity index (χ2n) is 3.69. The molecule has 84 valence electrons. The van der Waals surface area contributed by atoms with Gasteiger partial charge in [0, 0.05) is 25.8 Å². The number of nitrogens with one attached hydrogen (secondary N) is 1. The normalized spacial score (nSPS) is 12.8. The highest BCUT2D eigenvalue weighted by atomic mass is 16.5. The first-order chi connectivity index (χ1) is 7.17. The van der Waals surface area contributed by atoms with E-state index in [0.29, 0.717) is 12.6 Å². The van der Waals surface area contributed by atoms with Crippen LogP contribution < -0.4 is 5.32 Å². The van der Waals surface area contributed by atoms with Crippen molar-refractivity contribution in [3.05, 3.63) is 23.3 Å². The second-order valence-corrected chi connectivity index (χ2v) is 3.69. The highest BCUT2D eigenvalue weighted by Crippen LogP contribution is 2.06. The van der Waals surface area contributed by atoms with E-state index in [9.17, 15) is 0 Å². The fraction of sp³-hybridized carbons (Fsp3) is 0.636. The minimum absolute atomic E-state index is 0.296. The largest absolute Gasteiger partial charge is 0.383 e. The van der Waals surface area contributed by atoms with Crippen LogP contribution in [0.25, 0.3) is 0 Å². The van der Waals surface area contributed by atoms with Gasteiger partial charge in [0.05, 0.1) is 23.7 Å². The molecule has 1 atom stereocenters. The van der Waals surface area contributed by atoms with Crippen molar-refractivity contribution in [2.45, 2.75) is 26.3 Å². The molecule has 4 nitrogen and oxygen atoms in total. The van der Waals surface area contributed by atoms with Gasteiger partial charge in [-0.1, -0.05) is 0 Å². The number of hydrogen-bond acceptors (Lipinski definition) is 4. The molecule has 15 heavy (non-hydrogen) atoms. The first-order valence-electron chi connectivity index (χ1n) is 5.12. The molecule has 0 aromatic carbocycles. The Morgan fingerprint density at radius 3 is 2.80 bits per heavy atom. The smallest absolute Gasteiger partial charge is 0.0635 e. The lowest BCUT2D eigenvalue weighted by Crippen LogP contribution is -2.32. The standard InChI is InChI=1S/C11H19N3O/c1-8-6-13-9(2)11(14-8)5-10(12-3)7-15-4/h6,10,12H,5,7H2,1-4H3. The number of aryl methyl sites for hydroxylation is 2. The summed E-state index contributed by atoms with van der Waals surface area (Å²) in [6, 6.07) is 0.296. The molecule has 0 aliphatic rings. The van der Waals surface area contributed by atoms with Crippen LogP contribution in [0.3, 0.4) is 0 Å². The third kappa shape index (κ3) is 3.57. The molecule has 1 N–H and O–H groups in total.